The second kappa shape index (κ2) is 2.48. The lowest BCUT2D eigenvalue weighted by atomic mass is 10.2. The fraction of sp³-hybridized carbons (Fsp3) is 0.125. The number of nitrogens with zero attached hydrogens (tertiary/aromatic N) is 1. The van der Waals surface area contributed by atoms with Gasteiger partial charge in [0, 0.05) is 22.6 Å². The van der Waals surface area contributed by atoms with Crippen LogP contribution in [0.1, 0.15) is 5.56 Å². The summed E-state index contributed by atoms with van der Waals surface area (Å²) in [6, 6.07) is 5.98. The number of aromatic nitrogens is 1. The van der Waals surface area contributed by atoms with Crippen LogP contribution in [0.3, 0.4) is 0 Å². The minimum absolute atomic E-state index is 0.697. The number of halogens is 1. The smallest absolute Gasteiger partial charge is 0.258 e. The van der Waals surface area contributed by atoms with E-state index >= 15 is 0 Å². The largest absolute Gasteiger partial charge is 0.432 e. The zero-order chi connectivity index (χ0) is 7.84. The summed E-state index contributed by atoms with van der Waals surface area (Å²) in [6.45, 7) is 2.04. The minimum Gasteiger partial charge on any atom is -0.432 e. The Balaban J connectivity index is 2.82. The van der Waals surface area contributed by atoms with E-state index in [2.05, 4.69) is 27.6 Å². The van der Waals surface area contributed by atoms with Gasteiger partial charge in [-0.3, -0.25) is 0 Å². The number of benzene rings is 1. The monoisotopic (exact) mass is 259 g/mol. The van der Waals surface area contributed by atoms with E-state index in [1.165, 1.54) is 5.56 Å². The molecule has 0 atom stereocenters. The van der Waals surface area contributed by atoms with E-state index in [0.29, 0.717) is 3.90 Å². The van der Waals surface area contributed by atoms with Crippen molar-refractivity contribution >= 4 is 33.7 Å². The lowest BCUT2D eigenvalue weighted by molar-refractivity contribution is 0.566. The SMILES string of the molecule is Cc1ccc2oc(I)nc2c1. The highest BCUT2D eigenvalue weighted by Crippen LogP contribution is 2.17. The Bertz CT molecular complexity index is 394. The molecule has 0 saturated carbocycles. The molecule has 0 fully saturated rings. The van der Waals surface area contributed by atoms with Crippen LogP contribution in [0.4, 0.5) is 0 Å². The zero-order valence-electron chi connectivity index (χ0n) is 5.97. The molecule has 1 aromatic carbocycles. The van der Waals surface area contributed by atoms with Gasteiger partial charge in [0.15, 0.2) is 5.58 Å². The average Bonchev–Trinajstić information content (AvgIpc) is 2.27. The van der Waals surface area contributed by atoms with E-state index in [-0.39, 0.29) is 0 Å². The van der Waals surface area contributed by atoms with Crippen LogP contribution < -0.4 is 0 Å². The lowest BCUT2D eigenvalue weighted by Gasteiger charge is -1.87. The number of aryl methyl sites for hydroxylation is 1. The first-order valence-electron chi connectivity index (χ1n) is 3.28. The van der Waals surface area contributed by atoms with Crippen LogP contribution >= 0.6 is 22.6 Å². The van der Waals surface area contributed by atoms with Gasteiger partial charge in [-0.05, 0) is 24.6 Å². The Morgan fingerprint density at radius 2 is 2.27 bits per heavy atom. The molecule has 0 saturated heterocycles. The van der Waals surface area contributed by atoms with Gasteiger partial charge in [-0.25, -0.2) is 4.98 Å². The summed E-state index contributed by atoms with van der Waals surface area (Å²) >= 11 is 2.07. The molecule has 0 aliphatic carbocycles. The van der Waals surface area contributed by atoms with Gasteiger partial charge in [-0.1, -0.05) is 6.07 Å². The normalized spacial score (nSPS) is 10.7. The molecule has 0 spiro atoms. The third-order valence-corrected chi connectivity index (χ3v) is 1.98. The molecular weight excluding hydrogens is 253 g/mol. The van der Waals surface area contributed by atoms with Crippen molar-refractivity contribution in [1.82, 2.24) is 4.98 Å². The Morgan fingerprint density at radius 1 is 1.45 bits per heavy atom. The fourth-order valence-electron chi connectivity index (χ4n) is 1.01. The summed E-state index contributed by atoms with van der Waals surface area (Å²) in [6.07, 6.45) is 0. The lowest BCUT2D eigenvalue weighted by Crippen LogP contribution is -1.71. The maximum Gasteiger partial charge on any atom is 0.258 e. The Labute approximate surface area is 77.8 Å². The van der Waals surface area contributed by atoms with Gasteiger partial charge >= 0.3 is 0 Å². The van der Waals surface area contributed by atoms with E-state index in [9.17, 15) is 0 Å². The van der Waals surface area contributed by atoms with Crippen LogP contribution in [0.5, 0.6) is 0 Å². The van der Waals surface area contributed by atoms with Crippen molar-refractivity contribution in [2.24, 2.45) is 0 Å². The standard InChI is InChI=1S/C8H6INO/c1-5-2-3-7-6(4-5)10-8(9)11-7/h2-4H,1H3. The van der Waals surface area contributed by atoms with Crippen molar-refractivity contribution in [2.45, 2.75) is 6.92 Å². The first-order chi connectivity index (χ1) is 5.25. The highest BCUT2D eigenvalue weighted by atomic mass is 127. The molecule has 1 aromatic heterocycles. The molecule has 0 aliphatic heterocycles. The molecule has 0 amide bonds. The third kappa shape index (κ3) is 1.24. The molecule has 0 N–H and O–H groups in total. The van der Waals surface area contributed by atoms with Gasteiger partial charge in [0.25, 0.3) is 3.90 Å². The quantitative estimate of drug-likeness (QED) is 0.680. The number of oxazole rings is 1. The zero-order valence-corrected chi connectivity index (χ0v) is 8.12. The molecule has 0 bridgehead atoms. The first kappa shape index (κ1) is 7.09. The molecular formula is C8H6INO. The second-order valence-electron chi connectivity index (χ2n) is 2.44. The van der Waals surface area contributed by atoms with Crippen molar-refractivity contribution in [3.8, 4) is 0 Å². The van der Waals surface area contributed by atoms with E-state index in [4.69, 9.17) is 4.42 Å². The molecule has 0 unspecified atom stereocenters. The Kier molecular flexibility index (Phi) is 1.60. The van der Waals surface area contributed by atoms with Gasteiger partial charge in [0.1, 0.15) is 5.52 Å². The van der Waals surface area contributed by atoms with Crippen molar-refractivity contribution < 1.29 is 4.42 Å². The van der Waals surface area contributed by atoms with Crippen molar-refractivity contribution in [3.63, 3.8) is 0 Å². The highest BCUT2D eigenvalue weighted by molar-refractivity contribution is 14.1. The average molecular weight is 259 g/mol. The van der Waals surface area contributed by atoms with Gasteiger partial charge in [-0.15, -0.1) is 0 Å². The van der Waals surface area contributed by atoms with Crippen molar-refractivity contribution in [1.29, 1.82) is 0 Å². The fourth-order valence-corrected chi connectivity index (χ4v) is 1.51. The van der Waals surface area contributed by atoms with Gasteiger partial charge in [0.2, 0.25) is 0 Å². The van der Waals surface area contributed by atoms with Crippen LogP contribution in [-0.2, 0) is 0 Å². The van der Waals surface area contributed by atoms with Crippen LogP contribution in [-0.4, -0.2) is 4.98 Å². The summed E-state index contributed by atoms with van der Waals surface area (Å²) in [5.41, 5.74) is 3.01. The molecule has 56 valence electrons. The molecule has 0 aliphatic rings. The number of hydrogen-bond acceptors (Lipinski definition) is 2. The van der Waals surface area contributed by atoms with E-state index in [1.807, 2.05) is 25.1 Å². The van der Waals surface area contributed by atoms with Gasteiger partial charge < -0.3 is 4.42 Å². The maximum absolute atomic E-state index is 5.30. The van der Waals surface area contributed by atoms with Crippen LogP contribution in [0, 0.1) is 10.8 Å². The maximum atomic E-state index is 5.30. The van der Waals surface area contributed by atoms with Crippen LogP contribution in [0.2, 0.25) is 0 Å². The third-order valence-electron chi connectivity index (χ3n) is 1.52. The second-order valence-corrected chi connectivity index (χ2v) is 3.36. The first-order valence-corrected chi connectivity index (χ1v) is 4.36. The Hall–Kier alpha value is -0.580. The minimum atomic E-state index is 0.697. The van der Waals surface area contributed by atoms with Gasteiger partial charge in [0.05, 0.1) is 0 Å². The van der Waals surface area contributed by atoms with Gasteiger partial charge in [-0.2, -0.15) is 0 Å². The van der Waals surface area contributed by atoms with Crippen molar-refractivity contribution in [3.05, 3.63) is 27.7 Å². The molecule has 11 heavy (non-hydrogen) atoms. The van der Waals surface area contributed by atoms with E-state index in [0.717, 1.165) is 11.1 Å². The molecule has 2 rings (SSSR count). The van der Waals surface area contributed by atoms with Crippen molar-refractivity contribution in [2.75, 3.05) is 0 Å². The predicted octanol–water partition coefficient (Wildman–Crippen LogP) is 2.74. The Morgan fingerprint density at radius 3 is 3.09 bits per heavy atom. The van der Waals surface area contributed by atoms with E-state index in [1.54, 1.807) is 0 Å². The molecule has 1 heterocycles. The summed E-state index contributed by atoms with van der Waals surface area (Å²) in [5.74, 6) is 0. The summed E-state index contributed by atoms with van der Waals surface area (Å²) in [7, 11) is 0. The molecule has 0 radical (unpaired) electrons. The topological polar surface area (TPSA) is 26.0 Å². The number of fused-ring (bicyclic) bond motifs is 1. The number of rotatable bonds is 0. The molecule has 3 heteroatoms. The summed E-state index contributed by atoms with van der Waals surface area (Å²) < 4.78 is 6.00. The van der Waals surface area contributed by atoms with Crippen LogP contribution in [0.15, 0.2) is 22.6 Å². The summed E-state index contributed by atoms with van der Waals surface area (Å²) in [5, 5.41) is 0. The predicted molar refractivity (Wildman–Crippen MR) is 51.5 cm³/mol. The van der Waals surface area contributed by atoms with E-state index < -0.39 is 0 Å². The van der Waals surface area contributed by atoms with Crippen LogP contribution in [0.25, 0.3) is 11.1 Å². The molecule has 2 nitrogen and oxygen atoms in total. The number of hydrogen-bond donors (Lipinski definition) is 0. The summed E-state index contributed by atoms with van der Waals surface area (Å²) in [4.78, 5) is 4.19. The molecule has 2 aromatic rings. The highest BCUT2D eigenvalue weighted by Gasteiger charge is 2.00.